The van der Waals surface area contributed by atoms with Crippen molar-refractivity contribution in [1.82, 2.24) is 5.32 Å². The van der Waals surface area contributed by atoms with E-state index in [4.69, 9.17) is 23.7 Å². The van der Waals surface area contributed by atoms with Gasteiger partial charge in [-0.1, -0.05) is 91.9 Å². The molecule has 1 aliphatic rings. The summed E-state index contributed by atoms with van der Waals surface area (Å²) in [5.41, 5.74) is 2.37. The van der Waals surface area contributed by atoms with Crippen molar-refractivity contribution < 1.29 is 42.5 Å². The zero-order valence-corrected chi connectivity index (χ0v) is 31.2. The molecule has 0 saturated carbocycles. The summed E-state index contributed by atoms with van der Waals surface area (Å²) in [4.78, 5) is 39.1. The monoisotopic (exact) mass is 745 g/mol. The van der Waals surface area contributed by atoms with Crippen molar-refractivity contribution in [2.45, 2.75) is 64.8 Å². The largest absolute Gasteiger partial charge is 0.484 e. The maximum atomic E-state index is 14.9. The van der Waals surface area contributed by atoms with Gasteiger partial charge >= 0.3 is 11.9 Å². The first-order valence-electron chi connectivity index (χ1n) is 18.2. The molecular weight excluding hydrogens is 701 g/mol. The van der Waals surface area contributed by atoms with Gasteiger partial charge in [-0.3, -0.25) is 4.79 Å². The fourth-order valence-electron chi connectivity index (χ4n) is 6.46. The Morgan fingerprint density at radius 3 is 1.96 bits per heavy atom. The van der Waals surface area contributed by atoms with Gasteiger partial charge in [-0.15, -0.1) is 0 Å². The molecule has 10 heteroatoms. The van der Waals surface area contributed by atoms with Crippen LogP contribution in [-0.2, 0) is 32.0 Å². The third-order valence-electron chi connectivity index (χ3n) is 9.67. The van der Waals surface area contributed by atoms with Crippen LogP contribution in [0, 0.1) is 11.7 Å². The molecular formula is C45H44FNO8. The summed E-state index contributed by atoms with van der Waals surface area (Å²) in [6.45, 7) is 7.46. The number of rotatable bonds is 13. The first kappa shape index (κ1) is 38.7. The Morgan fingerprint density at radius 1 is 0.764 bits per heavy atom. The molecule has 1 aliphatic heterocycles. The Hall–Kier alpha value is -6.00. The van der Waals surface area contributed by atoms with Crippen molar-refractivity contribution in [1.29, 1.82) is 0 Å². The lowest BCUT2D eigenvalue weighted by Crippen LogP contribution is -2.62. The second kappa shape index (κ2) is 17.4. The van der Waals surface area contributed by atoms with E-state index in [1.54, 1.807) is 78.9 Å². The van der Waals surface area contributed by atoms with E-state index in [2.05, 4.69) is 5.32 Å². The predicted molar refractivity (Wildman–Crippen MR) is 205 cm³/mol. The zero-order valence-electron chi connectivity index (χ0n) is 31.2. The van der Waals surface area contributed by atoms with Crippen LogP contribution in [0.25, 0.3) is 11.1 Å². The fourth-order valence-corrected chi connectivity index (χ4v) is 6.46. The molecule has 1 amide bonds. The third kappa shape index (κ3) is 9.57. The lowest BCUT2D eigenvalue weighted by Gasteiger charge is -2.48. The first-order chi connectivity index (χ1) is 26.5. The van der Waals surface area contributed by atoms with Crippen LogP contribution in [0.4, 0.5) is 4.39 Å². The highest BCUT2D eigenvalue weighted by molar-refractivity contribution is 5.90. The second-order valence-electron chi connectivity index (χ2n) is 13.9. The highest BCUT2D eigenvalue weighted by Crippen LogP contribution is 2.45. The van der Waals surface area contributed by atoms with Crippen molar-refractivity contribution in [3.63, 3.8) is 0 Å². The number of nitrogens with one attached hydrogen (secondary N) is 1. The Kier molecular flexibility index (Phi) is 12.3. The van der Waals surface area contributed by atoms with Gasteiger partial charge in [0.25, 0.3) is 0 Å². The number of carbonyl (C=O) groups excluding carboxylic acids is 3. The van der Waals surface area contributed by atoms with Crippen LogP contribution >= 0.6 is 0 Å². The Balaban J connectivity index is 1.46. The van der Waals surface area contributed by atoms with Crippen LogP contribution in [-0.4, -0.2) is 48.5 Å². The molecule has 0 bridgehead atoms. The lowest BCUT2D eigenvalue weighted by atomic mass is 9.82. The van der Waals surface area contributed by atoms with E-state index < -0.39 is 47.8 Å². The topological polar surface area (TPSA) is 109 Å². The number of ether oxygens (including phenoxy) is 5. The van der Waals surface area contributed by atoms with E-state index >= 15 is 0 Å². The molecule has 9 nitrogen and oxygen atoms in total. The van der Waals surface area contributed by atoms with E-state index in [0.29, 0.717) is 29.7 Å². The Labute approximate surface area is 320 Å². The number of amides is 1. The van der Waals surface area contributed by atoms with Crippen molar-refractivity contribution >= 4 is 17.8 Å². The highest BCUT2D eigenvalue weighted by Gasteiger charge is 2.53. The van der Waals surface area contributed by atoms with E-state index in [1.165, 1.54) is 19.1 Å². The number of benzene rings is 5. The predicted octanol–water partition coefficient (Wildman–Crippen LogP) is 8.35. The Bertz CT molecular complexity index is 2090. The minimum atomic E-state index is -1.31. The number of halogens is 1. The average molecular weight is 746 g/mol. The third-order valence-corrected chi connectivity index (χ3v) is 9.67. The van der Waals surface area contributed by atoms with E-state index in [9.17, 15) is 18.8 Å². The summed E-state index contributed by atoms with van der Waals surface area (Å²) >= 11 is 0. The van der Waals surface area contributed by atoms with Gasteiger partial charge in [0, 0.05) is 24.9 Å². The number of hydrogen-bond acceptors (Lipinski definition) is 8. The molecule has 1 fully saturated rings. The zero-order chi connectivity index (χ0) is 39.0. The SMILES string of the molecule is CC(=O)NCCc1ccc(O[C@@H]2OC(C)(C)[C@H](C)[C@@H](OC(=O)c3ccccc3)[C@H]2OC(=O)c2ccccc2)c(OCc2ccccc2)c1-c1cccc(F)c1. The van der Waals surface area contributed by atoms with Crippen molar-refractivity contribution in [3.8, 4) is 22.6 Å². The van der Waals surface area contributed by atoms with Gasteiger partial charge in [0.1, 0.15) is 12.4 Å². The van der Waals surface area contributed by atoms with Crippen LogP contribution in [0.3, 0.4) is 0 Å². The smallest absolute Gasteiger partial charge is 0.338 e. The maximum Gasteiger partial charge on any atom is 0.338 e. The highest BCUT2D eigenvalue weighted by atomic mass is 19.1. The average Bonchev–Trinajstić information content (AvgIpc) is 3.18. The van der Waals surface area contributed by atoms with Gasteiger partial charge in [-0.2, -0.15) is 0 Å². The van der Waals surface area contributed by atoms with E-state index in [-0.39, 0.29) is 29.6 Å². The minimum absolute atomic E-state index is 0.131. The van der Waals surface area contributed by atoms with Crippen LogP contribution in [0.15, 0.2) is 127 Å². The van der Waals surface area contributed by atoms with Crippen LogP contribution in [0.5, 0.6) is 11.5 Å². The molecule has 1 N–H and O–H groups in total. The quantitative estimate of drug-likeness (QED) is 0.120. The molecule has 0 aromatic heterocycles. The van der Waals surface area contributed by atoms with Gasteiger partial charge in [0.05, 0.1) is 16.7 Å². The molecule has 0 aliphatic carbocycles. The molecule has 1 heterocycles. The summed E-state index contributed by atoms with van der Waals surface area (Å²) in [5, 5.41) is 2.83. The van der Waals surface area contributed by atoms with Crippen LogP contribution in [0.2, 0.25) is 0 Å². The molecule has 284 valence electrons. The Morgan fingerprint density at radius 2 is 1.36 bits per heavy atom. The number of hydrogen-bond donors (Lipinski definition) is 1. The maximum absolute atomic E-state index is 14.9. The molecule has 55 heavy (non-hydrogen) atoms. The van der Waals surface area contributed by atoms with Gasteiger partial charge in [-0.05, 0) is 79.4 Å². The van der Waals surface area contributed by atoms with E-state index in [1.807, 2.05) is 57.2 Å². The van der Waals surface area contributed by atoms with Crippen LogP contribution in [0.1, 0.15) is 59.5 Å². The molecule has 4 atom stereocenters. The standard InChI is InChI=1S/C45H44FNO8/c1-29-39(53-42(49)33-17-10-6-11-18-33)41(54-43(50)34-19-12-7-13-20-34)44(55-45(29,3)4)52-37-24-23-32(25-26-47-30(2)48)38(35-21-14-22-36(46)27-35)40(37)51-28-31-15-8-5-9-16-31/h5-24,27,29,39,41,44H,25-26,28H2,1-4H3,(H,47,48)/t29-,39-,41-,44-/m1/s1. The molecule has 0 unspecified atom stereocenters. The van der Waals surface area contributed by atoms with E-state index in [0.717, 1.165) is 11.1 Å². The molecule has 5 aromatic carbocycles. The summed E-state index contributed by atoms with van der Waals surface area (Å²) < 4.78 is 47.2. The fraction of sp³-hybridized carbons (Fsp3) is 0.267. The lowest BCUT2D eigenvalue weighted by molar-refractivity contribution is -0.283. The molecule has 1 saturated heterocycles. The summed E-state index contributed by atoms with van der Waals surface area (Å²) in [7, 11) is 0. The van der Waals surface area contributed by atoms with Crippen molar-refractivity contribution in [2.24, 2.45) is 5.92 Å². The normalized spacial score (nSPS) is 18.8. The summed E-state index contributed by atoms with van der Waals surface area (Å²) in [6, 6.07) is 36.2. The first-order valence-corrected chi connectivity index (χ1v) is 18.2. The molecule has 0 radical (unpaired) electrons. The van der Waals surface area contributed by atoms with Crippen LogP contribution < -0.4 is 14.8 Å². The molecule has 6 rings (SSSR count). The van der Waals surface area contributed by atoms with Gasteiger partial charge in [-0.25, -0.2) is 14.0 Å². The second-order valence-corrected chi connectivity index (χ2v) is 13.9. The van der Waals surface area contributed by atoms with Crippen molar-refractivity contribution in [2.75, 3.05) is 6.54 Å². The number of carbonyl (C=O) groups is 3. The molecule has 0 spiro atoms. The summed E-state index contributed by atoms with van der Waals surface area (Å²) in [6.07, 6.45) is -3.17. The summed E-state index contributed by atoms with van der Waals surface area (Å²) in [5.74, 6) is -1.88. The minimum Gasteiger partial charge on any atom is -0.484 e. The van der Waals surface area contributed by atoms with Crippen molar-refractivity contribution in [3.05, 3.63) is 155 Å². The van der Waals surface area contributed by atoms with Gasteiger partial charge < -0.3 is 29.0 Å². The van der Waals surface area contributed by atoms with Gasteiger partial charge in [0.15, 0.2) is 17.6 Å². The number of esters is 2. The van der Waals surface area contributed by atoms with Gasteiger partial charge in [0.2, 0.25) is 18.3 Å². The molecule has 5 aromatic rings.